The van der Waals surface area contributed by atoms with E-state index in [1.165, 1.54) is 6.92 Å². The first-order valence-corrected chi connectivity index (χ1v) is 9.78. The molecule has 3 N–H and O–H groups in total. The molecule has 1 saturated heterocycles. The summed E-state index contributed by atoms with van der Waals surface area (Å²) in [4.78, 5) is 26.4. The number of hydrogen-bond acceptors (Lipinski definition) is 5. The Labute approximate surface area is 174 Å². The Morgan fingerprint density at radius 3 is 2.64 bits per heavy atom. The molecule has 1 aromatic carbocycles. The van der Waals surface area contributed by atoms with E-state index in [1.807, 2.05) is 31.2 Å². The van der Waals surface area contributed by atoms with Crippen molar-refractivity contribution in [1.82, 2.24) is 20.9 Å². The number of nitrogens with one attached hydrogen (secondary N) is 3. The molecule has 0 bridgehead atoms. The first-order chi connectivity index (χ1) is 13.1. The second kappa shape index (κ2) is 13.4. The highest BCUT2D eigenvalue weighted by molar-refractivity contribution is 5.85. The van der Waals surface area contributed by atoms with Crippen LogP contribution in [0, 0.1) is 0 Å². The van der Waals surface area contributed by atoms with Crippen molar-refractivity contribution in [2.24, 2.45) is 0 Å². The van der Waals surface area contributed by atoms with Gasteiger partial charge in [0.15, 0.2) is 0 Å². The fourth-order valence-electron chi connectivity index (χ4n) is 3.26. The van der Waals surface area contributed by atoms with Gasteiger partial charge in [0.05, 0.1) is 19.1 Å². The summed E-state index contributed by atoms with van der Waals surface area (Å²) in [7, 11) is 0. The molecule has 0 aromatic heterocycles. The standard InChI is InChI=1S/C20H32N4O3.ClH/c1-3-27-19-8-5-4-7-17(19)18(23-16(2)25)15-20(26)22-9-6-12-24-13-10-21-11-14-24;/h4-5,7-8,18,21H,3,6,9-15H2,1-2H3,(H,22,26)(H,23,25);1H. The van der Waals surface area contributed by atoms with Crippen LogP contribution < -0.4 is 20.7 Å². The van der Waals surface area contributed by atoms with Gasteiger partial charge in [-0.15, -0.1) is 12.4 Å². The van der Waals surface area contributed by atoms with Gasteiger partial charge in [-0.1, -0.05) is 18.2 Å². The number of benzene rings is 1. The molecule has 1 aromatic rings. The van der Waals surface area contributed by atoms with E-state index in [0.717, 1.165) is 44.7 Å². The van der Waals surface area contributed by atoms with E-state index in [0.29, 0.717) is 18.9 Å². The lowest BCUT2D eigenvalue weighted by atomic mass is 10.0. The Kier molecular flexibility index (Phi) is 11.6. The molecule has 1 aliphatic rings. The summed E-state index contributed by atoms with van der Waals surface area (Å²) in [5, 5.41) is 9.18. The zero-order valence-electron chi connectivity index (χ0n) is 16.8. The van der Waals surface area contributed by atoms with Crippen molar-refractivity contribution in [3.63, 3.8) is 0 Å². The summed E-state index contributed by atoms with van der Waals surface area (Å²) in [5.74, 6) is 0.462. The number of para-hydroxylation sites is 1. The zero-order chi connectivity index (χ0) is 19.5. The van der Waals surface area contributed by atoms with Gasteiger partial charge >= 0.3 is 0 Å². The number of amides is 2. The van der Waals surface area contributed by atoms with Gasteiger partial charge in [0.25, 0.3) is 0 Å². The molecule has 1 heterocycles. The SMILES string of the molecule is CCOc1ccccc1C(CC(=O)NCCCN1CCNCC1)NC(C)=O.Cl. The van der Waals surface area contributed by atoms with Gasteiger partial charge in [-0.05, 0) is 26.0 Å². The number of ether oxygens (including phenoxy) is 1. The van der Waals surface area contributed by atoms with E-state index in [4.69, 9.17) is 4.74 Å². The second-order valence-electron chi connectivity index (χ2n) is 6.72. The van der Waals surface area contributed by atoms with Crippen LogP contribution in [0.1, 0.15) is 38.3 Å². The van der Waals surface area contributed by atoms with Crippen molar-refractivity contribution in [3.05, 3.63) is 29.8 Å². The molecule has 1 aliphatic heterocycles. The molecule has 2 amide bonds. The number of carbonyl (C=O) groups excluding carboxylic acids is 2. The summed E-state index contributed by atoms with van der Waals surface area (Å²) in [6.07, 6.45) is 1.11. The van der Waals surface area contributed by atoms with Gasteiger partial charge in [-0.2, -0.15) is 0 Å². The summed E-state index contributed by atoms with van der Waals surface area (Å²) < 4.78 is 5.65. The van der Waals surface area contributed by atoms with Gasteiger partial charge in [0, 0.05) is 45.2 Å². The maximum Gasteiger partial charge on any atom is 0.222 e. The van der Waals surface area contributed by atoms with E-state index in [-0.39, 0.29) is 30.6 Å². The highest BCUT2D eigenvalue weighted by Gasteiger charge is 2.20. The van der Waals surface area contributed by atoms with Crippen LogP contribution in [0.5, 0.6) is 5.75 Å². The van der Waals surface area contributed by atoms with Crippen molar-refractivity contribution < 1.29 is 14.3 Å². The molecule has 0 aliphatic carbocycles. The van der Waals surface area contributed by atoms with Crippen molar-refractivity contribution in [1.29, 1.82) is 0 Å². The number of carbonyl (C=O) groups is 2. The topological polar surface area (TPSA) is 82.7 Å². The first kappa shape index (κ1) is 24.2. The highest BCUT2D eigenvalue weighted by Crippen LogP contribution is 2.27. The molecular weight excluding hydrogens is 380 g/mol. The van der Waals surface area contributed by atoms with Crippen LogP contribution in [0.3, 0.4) is 0 Å². The second-order valence-corrected chi connectivity index (χ2v) is 6.72. The van der Waals surface area contributed by atoms with Crippen molar-refractivity contribution in [2.75, 3.05) is 45.9 Å². The van der Waals surface area contributed by atoms with Crippen LogP contribution in [0.25, 0.3) is 0 Å². The first-order valence-electron chi connectivity index (χ1n) is 9.78. The fraction of sp³-hybridized carbons (Fsp3) is 0.600. The van der Waals surface area contributed by atoms with Crippen molar-refractivity contribution in [2.45, 2.75) is 32.7 Å². The van der Waals surface area contributed by atoms with E-state index in [9.17, 15) is 9.59 Å². The summed E-state index contributed by atoms with van der Waals surface area (Å²) >= 11 is 0. The van der Waals surface area contributed by atoms with Gasteiger partial charge in [0.2, 0.25) is 11.8 Å². The van der Waals surface area contributed by atoms with Crippen LogP contribution in [0.2, 0.25) is 0 Å². The number of nitrogens with zero attached hydrogens (tertiary/aromatic N) is 1. The molecule has 1 unspecified atom stereocenters. The fourth-order valence-corrected chi connectivity index (χ4v) is 3.26. The number of rotatable bonds is 10. The van der Waals surface area contributed by atoms with Gasteiger partial charge in [-0.3, -0.25) is 9.59 Å². The molecule has 0 saturated carbocycles. The number of halogens is 1. The van der Waals surface area contributed by atoms with Crippen LogP contribution in [-0.4, -0.2) is 62.6 Å². The molecule has 7 nitrogen and oxygen atoms in total. The Hall–Kier alpha value is -1.83. The average Bonchev–Trinajstić information content (AvgIpc) is 2.66. The normalized spacial score (nSPS) is 15.2. The number of hydrogen-bond donors (Lipinski definition) is 3. The van der Waals surface area contributed by atoms with Gasteiger partial charge in [-0.25, -0.2) is 0 Å². The molecule has 1 fully saturated rings. The minimum atomic E-state index is -0.404. The lowest BCUT2D eigenvalue weighted by Gasteiger charge is -2.27. The van der Waals surface area contributed by atoms with Crippen LogP contribution in [0.15, 0.2) is 24.3 Å². The smallest absolute Gasteiger partial charge is 0.222 e. The molecule has 158 valence electrons. The lowest BCUT2D eigenvalue weighted by Crippen LogP contribution is -2.44. The van der Waals surface area contributed by atoms with Crippen molar-refractivity contribution in [3.8, 4) is 5.75 Å². The average molecular weight is 413 g/mol. The Balaban J connectivity index is 0.00000392. The minimum Gasteiger partial charge on any atom is -0.494 e. The largest absolute Gasteiger partial charge is 0.494 e. The molecule has 1 atom stereocenters. The molecule has 0 spiro atoms. The van der Waals surface area contributed by atoms with E-state index in [2.05, 4.69) is 20.9 Å². The number of piperazine rings is 1. The highest BCUT2D eigenvalue weighted by atomic mass is 35.5. The lowest BCUT2D eigenvalue weighted by molar-refractivity contribution is -0.122. The maximum absolute atomic E-state index is 12.4. The summed E-state index contributed by atoms with van der Waals surface area (Å²) in [6, 6.07) is 7.12. The van der Waals surface area contributed by atoms with Crippen LogP contribution in [-0.2, 0) is 9.59 Å². The van der Waals surface area contributed by atoms with Crippen LogP contribution >= 0.6 is 12.4 Å². The van der Waals surface area contributed by atoms with Gasteiger partial charge < -0.3 is 25.6 Å². The minimum absolute atomic E-state index is 0. The Bertz CT molecular complexity index is 609. The van der Waals surface area contributed by atoms with E-state index < -0.39 is 6.04 Å². The van der Waals surface area contributed by atoms with Gasteiger partial charge in [0.1, 0.15) is 5.75 Å². The zero-order valence-corrected chi connectivity index (χ0v) is 17.6. The van der Waals surface area contributed by atoms with Crippen molar-refractivity contribution >= 4 is 24.2 Å². The quantitative estimate of drug-likeness (QED) is 0.507. The molecule has 8 heteroatoms. The third-order valence-corrected chi connectivity index (χ3v) is 4.54. The Morgan fingerprint density at radius 1 is 1.25 bits per heavy atom. The maximum atomic E-state index is 12.4. The van der Waals surface area contributed by atoms with Crippen LogP contribution in [0.4, 0.5) is 0 Å². The Morgan fingerprint density at radius 2 is 1.96 bits per heavy atom. The summed E-state index contributed by atoms with van der Waals surface area (Å²) in [5.41, 5.74) is 0.825. The third kappa shape index (κ3) is 8.46. The third-order valence-electron chi connectivity index (χ3n) is 4.54. The predicted molar refractivity (Wildman–Crippen MR) is 113 cm³/mol. The summed E-state index contributed by atoms with van der Waals surface area (Å²) in [6.45, 7) is 9.72. The van der Waals surface area contributed by atoms with E-state index in [1.54, 1.807) is 0 Å². The molecule has 0 radical (unpaired) electrons. The molecular formula is C20H33ClN4O3. The molecule has 2 rings (SSSR count). The predicted octanol–water partition coefficient (Wildman–Crippen LogP) is 1.49. The monoisotopic (exact) mass is 412 g/mol. The molecule has 28 heavy (non-hydrogen) atoms. The van der Waals surface area contributed by atoms with E-state index >= 15 is 0 Å².